The lowest BCUT2D eigenvalue weighted by Gasteiger charge is -2.19. The van der Waals surface area contributed by atoms with Gasteiger partial charge in [0.2, 0.25) is 0 Å². The van der Waals surface area contributed by atoms with Crippen molar-refractivity contribution in [1.82, 2.24) is 0 Å². The summed E-state index contributed by atoms with van der Waals surface area (Å²) in [6.07, 6.45) is 0.444. The molecule has 148 valence electrons. The Hall–Kier alpha value is -3.06. The van der Waals surface area contributed by atoms with Crippen molar-refractivity contribution in [2.24, 2.45) is 0 Å². The summed E-state index contributed by atoms with van der Waals surface area (Å²) in [5, 5.41) is 20.6. The summed E-state index contributed by atoms with van der Waals surface area (Å²) >= 11 is 6.27. The second kappa shape index (κ2) is 7.90. The normalized spacial score (nSPS) is 10.5. The van der Waals surface area contributed by atoms with Crippen LogP contribution in [0, 0.1) is 27.7 Å². The number of phenols is 2. The molecule has 0 fully saturated rings. The number of phenolic OH excluding ortho intramolecular Hbond substituents is 2. The van der Waals surface area contributed by atoms with Gasteiger partial charge < -0.3 is 19.7 Å². The first-order valence-electron chi connectivity index (χ1n) is 8.16. The van der Waals surface area contributed by atoms with Crippen LogP contribution < -0.4 is 9.47 Å². The maximum Gasteiger partial charge on any atom is 0.347 e. The van der Waals surface area contributed by atoms with E-state index in [0.717, 1.165) is 0 Å². The van der Waals surface area contributed by atoms with E-state index in [-0.39, 0.29) is 23.2 Å². The van der Waals surface area contributed by atoms with E-state index in [1.807, 2.05) is 0 Å². The van der Waals surface area contributed by atoms with E-state index in [1.165, 1.54) is 14.0 Å². The van der Waals surface area contributed by atoms with E-state index in [4.69, 9.17) is 21.1 Å². The van der Waals surface area contributed by atoms with Gasteiger partial charge in [-0.15, -0.1) is 0 Å². The Bertz CT molecular complexity index is 974. The average molecular weight is 407 g/mol. The molecule has 0 unspecified atom stereocenters. The number of carbonyl (C=O) groups is 3. The van der Waals surface area contributed by atoms with Crippen LogP contribution >= 0.6 is 11.6 Å². The molecular weight excluding hydrogens is 388 g/mol. The number of aldehydes is 2. The van der Waals surface area contributed by atoms with Gasteiger partial charge in [0.05, 0.1) is 23.3 Å². The highest BCUT2D eigenvalue weighted by Crippen LogP contribution is 2.42. The van der Waals surface area contributed by atoms with Crippen LogP contribution in [0.2, 0.25) is 5.02 Å². The van der Waals surface area contributed by atoms with Crippen LogP contribution in [0.4, 0.5) is 0 Å². The van der Waals surface area contributed by atoms with Gasteiger partial charge in [-0.2, -0.15) is 0 Å². The van der Waals surface area contributed by atoms with Gasteiger partial charge in [0.1, 0.15) is 28.6 Å². The molecular formula is C20H19ClO7. The molecule has 0 aliphatic rings. The molecule has 0 aliphatic heterocycles. The first-order chi connectivity index (χ1) is 13.1. The molecule has 2 rings (SSSR count). The molecule has 0 spiro atoms. The molecule has 0 saturated carbocycles. The number of methoxy groups -OCH3 is 1. The Kier molecular flexibility index (Phi) is 5.99. The van der Waals surface area contributed by atoms with Crippen molar-refractivity contribution < 1.29 is 34.1 Å². The fourth-order valence-corrected chi connectivity index (χ4v) is 3.34. The quantitative estimate of drug-likeness (QED) is 0.441. The Morgan fingerprint density at radius 3 is 1.93 bits per heavy atom. The van der Waals surface area contributed by atoms with Crippen molar-refractivity contribution in [3.8, 4) is 23.0 Å². The largest absolute Gasteiger partial charge is 0.506 e. The molecule has 0 bridgehead atoms. The second-order valence-corrected chi connectivity index (χ2v) is 6.58. The summed E-state index contributed by atoms with van der Waals surface area (Å²) < 4.78 is 10.8. The molecule has 0 aromatic heterocycles. The van der Waals surface area contributed by atoms with E-state index in [1.54, 1.807) is 20.8 Å². The van der Waals surface area contributed by atoms with Gasteiger partial charge >= 0.3 is 5.97 Å². The van der Waals surface area contributed by atoms with Crippen molar-refractivity contribution in [3.63, 3.8) is 0 Å². The molecule has 0 radical (unpaired) electrons. The number of aromatic hydroxyl groups is 2. The lowest BCUT2D eigenvalue weighted by Crippen LogP contribution is -2.15. The predicted octanol–water partition coefficient (Wildman–Crippen LogP) is 3.84. The number of halogens is 1. The zero-order valence-electron chi connectivity index (χ0n) is 16.0. The molecule has 2 N–H and O–H groups in total. The maximum absolute atomic E-state index is 12.8. The zero-order valence-corrected chi connectivity index (χ0v) is 16.7. The monoisotopic (exact) mass is 406 g/mol. The van der Waals surface area contributed by atoms with Crippen LogP contribution in [0.15, 0.2) is 0 Å². The summed E-state index contributed by atoms with van der Waals surface area (Å²) in [5.74, 6) is -1.96. The van der Waals surface area contributed by atoms with Gasteiger partial charge in [0.25, 0.3) is 0 Å². The average Bonchev–Trinajstić information content (AvgIpc) is 2.64. The van der Waals surface area contributed by atoms with E-state index in [9.17, 15) is 24.6 Å². The Morgan fingerprint density at radius 2 is 1.43 bits per heavy atom. The van der Waals surface area contributed by atoms with Crippen LogP contribution in [0.5, 0.6) is 23.0 Å². The van der Waals surface area contributed by atoms with Crippen molar-refractivity contribution in [1.29, 1.82) is 0 Å². The van der Waals surface area contributed by atoms with Crippen LogP contribution in [-0.4, -0.2) is 35.9 Å². The molecule has 28 heavy (non-hydrogen) atoms. The van der Waals surface area contributed by atoms with Crippen molar-refractivity contribution >= 4 is 30.1 Å². The molecule has 0 saturated heterocycles. The van der Waals surface area contributed by atoms with Crippen molar-refractivity contribution in [2.75, 3.05) is 7.11 Å². The smallest absolute Gasteiger partial charge is 0.347 e. The highest BCUT2D eigenvalue weighted by molar-refractivity contribution is 6.33. The third kappa shape index (κ3) is 3.18. The zero-order chi connectivity index (χ0) is 21.3. The molecule has 0 amide bonds. The van der Waals surface area contributed by atoms with Gasteiger partial charge in [0, 0.05) is 5.56 Å². The van der Waals surface area contributed by atoms with Crippen molar-refractivity contribution in [3.05, 3.63) is 44.0 Å². The lowest BCUT2D eigenvalue weighted by atomic mass is 9.96. The highest BCUT2D eigenvalue weighted by atomic mass is 35.5. The number of carbonyl (C=O) groups excluding carboxylic acids is 3. The summed E-state index contributed by atoms with van der Waals surface area (Å²) in [6, 6.07) is 0. The predicted molar refractivity (Wildman–Crippen MR) is 102 cm³/mol. The number of hydrogen-bond donors (Lipinski definition) is 2. The third-order valence-corrected chi connectivity index (χ3v) is 5.19. The molecule has 8 heteroatoms. The Labute approximate surface area is 166 Å². The van der Waals surface area contributed by atoms with Crippen LogP contribution in [0.3, 0.4) is 0 Å². The Morgan fingerprint density at radius 1 is 0.857 bits per heavy atom. The van der Waals surface area contributed by atoms with E-state index >= 15 is 0 Å². The van der Waals surface area contributed by atoms with E-state index in [0.29, 0.717) is 33.7 Å². The van der Waals surface area contributed by atoms with Crippen LogP contribution in [-0.2, 0) is 0 Å². The van der Waals surface area contributed by atoms with E-state index < -0.39 is 28.6 Å². The first-order valence-corrected chi connectivity index (χ1v) is 8.54. The maximum atomic E-state index is 12.8. The summed E-state index contributed by atoms with van der Waals surface area (Å²) in [6.45, 7) is 6.43. The fourth-order valence-electron chi connectivity index (χ4n) is 2.98. The number of rotatable bonds is 5. The molecule has 0 heterocycles. The van der Waals surface area contributed by atoms with Gasteiger partial charge in [0.15, 0.2) is 12.6 Å². The summed E-state index contributed by atoms with van der Waals surface area (Å²) in [7, 11) is 1.43. The SMILES string of the molecule is COc1c(C)c(OC(=O)c2c(C)c(C=O)c(O)c(C=O)c2O)c(C)c(C)c1Cl. The third-order valence-electron chi connectivity index (χ3n) is 4.73. The number of benzene rings is 2. The summed E-state index contributed by atoms with van der Waals surface area (Å²) in [5.41, 5.74) is 0.412. The first kappa shape index (κ1) is 21.2. The Balaban J connectivity index is 2.70. The van der Waals surface area contributed by atoms with Gasteiger partial charge in [-0.25, -0.2) is 4.79 Å². The minimum Gasteiger partial charge on any atom is -0.506 e. The molecule has 0 aliphatic carbocycles. The highest BCUT2D eigenvalue weighted by Gasteiger charge is 2.28. The minimum atomic E-state index is -1.00. The summed E-state index contributed by atoms with van der Waals surface area (Å²) in [4.78, 5) is 35.3. The van der Waals surface area contributed by atoms with Gasteiger partial charge in [-0.05, 0) is 44.4 Å². The molecule has 2 aromatic rings. The molecule has 0 atom stereocenters. The number of esters is 1. The van der Waals surface area contributed by atoms with Gasteiger partial charge in [-0.1, -0.05) is 11.6 Å². The minimum absolute atomic E-state index is 0.0199. The van der Waals surface area contributed by atoms with Crippen molar-refractivity contribution in [2.45, 2.75) is 27.7 Å². The molecule has 7 nitrogen and oxygen atoms in total. The topological polar surface area (TPSA) is 110 Å². The fraction of sp³-hybridized carbons (Fsp3) is 0.250. The standard InChI is InChI=1S/C20H19ClO7/c1-8-9(2)18(11(4)19(27-5)15(8)21)28-20(26)14-10(3)12(6-22)16(24)13(7-23)17(14)25/h6-7,24-25H,1-5H3. The second-order valence-electron chi connectivity index (χ2n) is 6.20. The number of hydrogen-bond acceptors (Lipinski definition) is 7. The molecule has 2 aromatic carbocycles. The number of ether oxygens (including phenoxy) is 2. The van der Waals surface area contributed by atoms with Crippen LogP contribution in [0.1, 0.15) is 53.3 Å². The van der Waals surface area contributed by atoms with E-state index in [2.05, 4.69) is 0 Å². The van der Waals surface area contributed by atoms with Crippen LogP contribution in [0.25, 0.3) is 0 Å². The van der Waals surface area contributed by atoms with Gasteiger partial charge in [-0.3, -0.25) is 9.59 Å². The lowest BCUT2D eigenvalue weighted by molar-refractivity contribution is 0.0728.